The Kier molecular flexibility index (Phi) is 3.89. The van der Waals surface area contributed by atoms with Crippen LogP contribution in [-0.2, 0) is 6.54 Å². The molecule has 1 saturated carbocycles. The van der Waals surface area contributed by atoms with Crippen molar-refractivity contribution in [2.24, 2.45) is 5.41 Å². The highest BCUT2D eigenvalue weighted by molar-refractivity contribution is 5.94. The van der Waals surface area contributed by atoms with Crippen molar-refractivity contribution in [3.8, 4) is 0 Å². The molecule has 1 amide bonds. The Hall–Kier alpha value is -2.17. The average molecular weight is 338 g/mol. The molecule has 5 heteroatoms. The molecule has 4 rings (SSSR count). The number of hydrogen-bond donors (Lipinski definition) is 0. The van der Waals surface area contributed by atoms with E-state index in [1.54, 1.807) is 0 Å². The molecule has 0 bridgehead atoms. The first-order chi connectivity index (χ1) is 12.0. The van der Waals surface area contributed by atoms with Crippen LogP contribution in [0.1, 0.15) is 59.4 Å². The molecule has 2 fully saturated rings. The van der Waals surface area contributed by atoms with Crippen LogP contribution in [0.4, 0.5) is 0 Å². The maximum atomic E-state index is 13.1. The molecule has 1 aliphatic carbocycles. The largest absolute Gasteiger partial charge is 0.337 e. The first-order valence-corrected chi connectivity index (χ1v) is 9.28. The number of carbonyl (C=O) groups excluding carboxylic acids is 1. The molecule has 5 nitrogen and oxygen atoms in total. The second-order valence-electron chi connectivity index (χ2n) is 7.73. The predicted molar refractivity (Wildman–Crippen MR) is 96.5 cm³/mol. The summed E-state index contributed by atoms with van der Waals surface area (Å²) in [6.45, 7) is 8.74. The van der Waals surface area contributed by atoms with Crippen LogP contribution in [0.25, 0.3) is 0 Å². The van der Waals surface area contributed by atoms with Gasteiger partial charge in [0.15, 0.2) is 0 Å². The summed E-state index contributed by atoms with van der Waals surface area (Å²) in [5.74, 6) is 1.51. The van der Waals surface area contributed by atoms with Crippen LogP contribution < -0.4 is 0 Å². The SMILES string of the molecule is CCn1cnnc1C1CN(C(=O)c2ccc(C)c(C)c2)CC12CCC2. The molecule has 1 spiro atoms. The van der Waals surface area contributed by atoms with E-state index in [2.05, 4.69) is 35.5 Å². The Morgan fingerprint density at radius 3 is 2.72 bits per heavy atom. The summed E-state index contributed by atoms with van der Waals surface area (Å²) in [6, 6.07) is 6.02. The fraction of sp³-hybridized carbons (Fsp3) is 0.550. The standard InChI is InChI=1S/C20H26N4O/c1-4-23-13-21-22-18(23)17-11-24(12-20(17)8-5-9-20)19(25)16-7-6-14(2)15(3)10-16/h6-7,10,13,17H,4-5,8-9,11-12H2,1-3H3. The van der Waals surface area contributed by atoms with E-state index in [0.29, 0.717) is 5.92 Å². The monoisotopic (exact) mass is 338 g/mol. The maximum Gasteiger partial charge on any atom is 0.253 e. The van der Waals surface area contributed by atoms with E-state index in [4.69, 9.17) is 0 Å². The van der Waals surface area contributed by atoms with Crippen LogP contribution in [0.15, 0.2) is 24.5 Å². The van der Waals surface area contributed by atoms with Gasteiger partial charge in [-0.25, -0.2) is 0 Å². The van der Waals surface area contributed by atoms with Gasteiger partial charge in [0.05, 0.1) is 0 Å². The zero-order valence-electron chi connectivity index (χ0n) is 15.3. The molecule has 2 aromatic rings. The number of aromatic nitrogens is 3. The Bertz CT molecular complexity index is 806. The molecule has 0 N–H and O–H groups in total. The van der Waals surface area contributed by atoms with Gasteiger partial charge < -0.3 is 9.47 Å². The third-order valence-electron chi connectivity index (χ3n) is 6.34. The second kappa shape index (κ2) is 5.97. The normalized spacial score (nSPS) is 21.6. The van der Waals surface area contributed by atoms with E-state index >= 15 is 0 Å². The van der Waals surface area contributed by atoms with E-state index in [-0.39, 0.29) is 11.3 Å². The highest BCUT2D eigenvalue weighted by Gasteiger charge is 2.53. The summed E-state index contributed by atoms with van der Waals surface area (Å²) in [5.41, 5.74) is 3.40. The van der Waals surface area contributed by atoms with Crippen LogP contribution in [-0.4, -0.2) is 38.7 Å². The van der Waals surface area contributed by atoms with Crippen LogP contribution in [0.5, 0.6) is 0 Å². The predicted octanol–water partition coefficient (Wildman–Crippen LogP) is 3.32. The van der Waals surface area contributed by atoms with Crippen LogP contribution in [0.3, 0.4) is 0 Å². The quantitative estimate of drug-likeness (QED) is 0.862. The van der Waals surface area contributed by atoms with Crippen LogP contribution in [0, 0.1) is 19.3 Å². The number of rotatable bonds is 3. The molecule has 1 aromatic carbocycles. The minimum atomic E-state index is 0.152. The maximum absolute atomic E-state index is 13.1. The van der Waals surface area contributed by atoms with E-state index in [1.165, 1.54) is 30.4 Å². The van der Waals surface area contributed by atoms with Gasteiger partial charge in [0.25, 0.3) is 5.91 Å². The number of benzene rings is 1. The van der Waals surface area contributed by atoms with Crippen molar-refractivity contribution in [3.63, 3.8) is 0 Å². The summed E-state index contributed by atoms with van der Waals surface area (Å²) >= 11 is 0. The van der Waals surface area contributed by atoms with Crippen molar-refractivity contribution in [2.75, 3.05) is 13.1 Å². The van der Waals surface area contributed by atoms with E-state index in [9.17, 15) is 4.79 Å². The lowest BCUT2D eigenvalue weighted by molar-refractivity contribution is 0.0723. The van der Waals surface area contributed by atoms with Gasteiger partial charge in [-0.2, -0.15) is 0 Å². The number of likely N-dealkylation sites (tertiary alicyclic amines) is 1. The van der Waals surface area contributed by atoms with Gasteiger partial charge in [-0.15, -0.1) is 10.2 Å². The van der Waals surface area contributed by atoms with Crippen molar-refractivity contribution in [1.29, 1.82) is 0 Å². The Morgan fingerprint density at radius 2 is 2.08 bits per heavy atom. The van der Waals surface area contributed by atoms with Crippen molar-refractivity contribution in [2.45, 2.75) is 52.5 Å². The zero-order chi connectivity index (χ0) is 17.6. The summed E-state index contributed by atoms with van der Waals surface area (Å²) in [6.07, 6.45) is 5.44. The molecule has 2 aliphatic rings. The molecule has 1 aliphatic heterocycles. The van der Waals surface area contributed by atoms with Gasteiger partial charge in [-0.05, 0) is 62.3 Å². The van der Waals surface area contributed by atoms with Gasteiger partial charge in [0.2, 0.25) is 0 Å². The lowest BCUT2D eigenvalue weighted by Crippen LogP contribution is -2.38. The minimum absolute atomic E-state index is 0.152. The number of aryl methyl sites for hydroxylation is 3. The summed E-state index contributed by atoms with van der Waals surface area (Å²) in [7, 11) is 0. The van der Waals surface area contributed by atoms with Gasteiger partial charge in [0, 0.05) is 31.1 Å². The van der Waals surface area contributed by atoms with Crippen molar-refractivity contribution < 1.29 is 4.79 Å². The summed E-state index contributed by atoms with van der Waals surface area (Å²) in [5, 5.41) is 8.53. The third-order valence-corrected chi connectivity index (χ3v) is 6.34. The summed E-state index contributed by atoms with van der Waals surface area (Å²) in [4.78, 5) is 15.1. The highest BCUT2D eigenvalue weighted by atomic mass is 16.2. The molecular weight excluding hydrogens is 312 g/mol. The smallest absolute Gasteiger partial charge is 0.253 e. The van der Waals surface area contributed by atoms with Gasteiger partial charge in [0.1, 0.15) is 12.2 Å². The highest BCUT2D eigenvalue weighted by Crippen LogP contribution is 2.55. The molecule has 1 saturated heterocycles. The number of amides is 1. The minimum Gasteiger partial charge on any atom is -0.337 e. The molecule has 1 unspecified atom stereocenters. The Labute approximate surface area is 149 Å². The molecule has 2 heterocycles. The van der Waals surface area contributed by atoms with Gasteiger partial charge >= 0.3 is 0 Å². The molecule has 1 atom stereocenters. The van der Waals surface area contributed by atoms with E-state index < -0.39 is 0 Å². The van der Waals surface area contributed by atoms with Crippen molar-refractivity contribution in [3.05, 3.63) is 47.0 Å². The van der Waals surface area contributed by atoms with Crippen molar-refractivity contribution >= 4 is 5.91 Å². The second-order valence-corrected chi connectivity index (χ2v) is 7.73. The number of carbonyl (C=O) groups is 1. The fourth-order valence-corrected chi connectivity index (χ4v) is 4.45. The topological polar surface area (TPSA) is 51.0 Å². The van der Waals surface area contributed by atoms with Crippen molar-refractivity contribution in [1.82, 2.24) is 19.7 Å². The molecule has 0 radical (unpaired) electrons. The molecule has 25 heavy (non-hydrogen) atoms. The first kappa shape index (κ1) is 16.3. The molecule has 1 aromatic heterocycles. The fourth-order valence-electron chi connectivity index (χ4n) is 4.45. The van der Waals surface area contributed by atoms with E-state index in [0.717, 1.165) is 31.0 Å². The number of hydrogen-bond acceptors (Lipinski definition) is 3. The summed E-state index contributed by atoms with van der Waals surface area (Å²) < 4.78 is 2.13. The Balaban J connectivity index is 1.62. The number of nitrogens with zero attached hydrogens (tertiary/aromatic N) is 4. The molecular formula is C20H26N4O. The van der Waals surface area contributed by atoms with Gasteiger partial charge in [-0.3, -0.25) is 4.79 Å². The first-order valence-electron chi connectivity index (χ1n) is 9.28. The van der Waals surface area contributed by atoms with E-state index in [1.807, 2.05) is 29.4 Å². The average Bonchev–Trinajstić information content (AvgIpc) is 3.19. The van der Waals surface area contributed by atoms with Gasteiger partial charge in [-0.1, -0.05) is 12.5 Å². The zero-order valence-corrected chi connectivity index (χ0v) is 15.3. The Morgan fingerprint density at radius 1 is 1.28 bits per heavy atom. The lowest BCUT2D eigenvalue weighted by atomic mass is 9.62. The lowest BCUT2D eigenvalue weighted by Gasteiger charge is -2.42. The molecule has 132 valence electrons. The van der Waals surface area contributed by atoms with Crippen LogP contribution in [0.2, 0.25) is 0 Å². The third kappa shape index (κ3) is 2.57. The van der Waals surface area contributed by atoms with Crippen LogP contribution >= 0.6 is 0 Å².